The van der Waals surface area contributed by atoms with Crippen molar-refractivity contribution in [3.63, 3.8) is 0 Å². The predicted octanol–water partition coefficient (Wildman–Crippen LogP) is 5.23. The van der Waals surface area contributed by atoms with Crippen molar-refractivity contribution in [3.8, 4) is 0 Å². The summed E-state index contributed by atoms with van der Waals surface area (Å²) in [6, 6.07) is 8.97. The van der Waals surface area contributed by atoms with E-state index in [2.05, 4.69) is 31.5 Å². The number of anilines is 2. The minimum Gasteiger partial charge on any atom is -0.369 e. The van der Waals surface area contributed by atoms with E-state index in [1.54, 1.807) is 18.2 Å². The number of hydrogen-bond donors (Lipinski definition) is 0. The van der Waals surface area contributed by atoms with Gasteiger partial charge in [-0.25, -0.2) is 4.98 Å². The van der Waals surface area contributed by atoms with Gasteiger partial charge in [-0.05, 0) is 69.5 Å². The molecule has 1 aromatic carbocycles. The second-order valence-electron chi connectivity index (χ2n) is 10.0. The van der Waals surface area contributed by atoms with Gasteiger partial charge in [0.15, 0.2) is 0 Å². The SMILES string of the molecule is CCN(c1ccc([N+](=O)[O-])cn1)C1CCN(C(=S)CCCN2CCN(c3ccc(C(F)(F)F)cc3)CC2)CC1. The van der Waals surface area contributed by atoms with E-state index in [0.717, 1.165) is 107 Å². The number of nitrogens with zero attached hydrogens (tertiary/aromatic N) is 6. The maximum atomic E-state index is 12.8. The van der Waals surface area contributed by atoms with Crippen LogP contribution in [0.15, 0.2) is 42.6 Å². The smallest absolute Gasteiger partial charge is 0.369 e. The molecule has 1 aromatic heterocycles. The number of benzene rings is 1. The lowest BCUT2D eigenvalue weighted by Crippen LogP contribution is -2.47. The Kier molecular flexibility index (Phi) is 9.60. The fraction of sp³-hybridized carbons (Fsp3) is 0.556. The van der Waals surface area contributed by atoms with Crippen molar-refractivity contribution in [2.45, 2.75) is 44.8 Å². The Morgan fingerprint density at radius 3 is 2.28 bits per heavy atom. The Labute approximate surface area is 232 Å². The van der Waals surface area contributed by atoms with Crippen molar-refractivity contribution in [2.75, 3.05) is 62.2 Å². The summed E-state index contributed by atoms with van der Waals surface area (Å²) in [7, 11) is 0. The molecule has 2 fully saturated rings. The molecule has 12 heteroatoms. The van der Waals surface area contributed by atoms with Crippen molar-refractivity contribution in [3.05, 3.63) is 58.3 Å². The average molecular weight is 565 g/mol. The first-order chi connectivity index (χ1) is 18.7. The van der Waals surface area contributed by atoms with E-state index >= 15 is 0 Å². The molecule has 0 aliphatic carbocycles. The number of likely N-dealkylation sites (tertiary alicyclic amines) is 1. The van der Waals surface area contributed by atoms with Gasteiger partial charge in [0.1, 0.15) is 12.0 Å². The molecule has 0 unspecified atom stereocenters. The zero-order valence-electron chi connectivity index (χ0n) is 22.1. The van der Waals surface area contributed by atoms with Crippen LogP contribution in [0.3, 0.4) is 0 Å². The molecule has 0 N–H and O–H groups in total. The van der Waals surface area contributed by atoms with Crippen LogP contribution in [0.25, 0.3) is 0 Å². The molecule has 3 heterocycles. The summed E-state index contributed by atoms with van der Waals surface area (Å²) in [4.78, 5) is 24.8. The predicted molar refractivity (Wildman–Crippen MR) is 150 cm³/mol. The normalized spacial score (nSPS) is 17.3. The standard InChI is InChI=1S/C27H35F3N6O2S/c1-2-35(25-10-9-24(20-31-25)36(37)38)23-11-14-34(15-12-23)26(39)4-3-13-32-16-18-33(19-17-32)22-7-5-21(6-8-22)27(28,29)30/h5-10,20,23H,2-4,11-19H2,1H3. The number of aromatic nitrogens is 1. The summed E-state index contributed by atoms with van der Waals surface area (Å²) in [6.45, 7) is 8.92. The molecular formula is C27H35F3N6O2S. The van der Waals surface area contributed by atoms with Gasteiger partial charge in [-0.1, -0.05) is 12.2 Å². The van der Waals surface area contributed by atoms with Crippen LogP contribution >= 0.6 is 12.2 Å². The fourth-order valence-corrected chi connectivity index (χ4v) is 5.72. The van der Waals surface area contributed by atoms with E-state index in [-0.39, 0.29) is 5.69 Å². The molecule has 0 amide bonds. The van der Waals surface area contributed by atoms with Crippen LogP contribution in [0, 0.1) is 10.1 Å². The molecule has 0 spiro atoms. The highest BCUT2D eigenvalue weighted by atomic mass is 32.1. The molecule has 2 aromatic rings. The molecule has 4 rings (SSSR count). The molecule has 39 heavy (non-hydrogen) atoms. The van der Waals surface area contributed by atoms with Gasteiger partial charge in [0.2, 0.25) is 0 Å². The summed E-state index contributed by atoms with van der Waals surface area (Å²) in [5, 5.41) is 10.9. The number of nitro groups is 1. The van der Waals surface area contributed by atoms with E-state index in [1.165, 1.54) is 12.3 Å². The highest BCUT2D eigenvalue weighted by Gasteiger charge is 2.30. The Balaban J connectivity index is 1.16. The van der Waals surface area contributed by atoms with Crippen LogP contribution in [-0.2, 0) is 6.18 Å². The van der Waals surface area contributed by atoms with Gasteiger partial charge in [0.05, 0.1) is 15.5 Å². The number of hydrogen-bond acceptors (Lipinski definition) is 7. The molecule has 212 valence electrons. The van der Waals surface area contributed by atoms with Crippen LogP contribution in [-0.4, -0.2) is 83.1 Å². The Morgan fingerprint density at radius 1 is 1.08 bits per heavy atom. The van der Waals surface area contributed by atoms with Gasteiger partial charge in [-0.2, -0.15) is 13.2 Å². The lowest BCUT2D eigenvalue weighted by molar-refractivity contribution is -0.385. The van der Waals surface area contributed by atoms with Crippen LogP contribution in [0.4, 0.5) is 30.4 Å². The highest BCUT2D eigenvalue weighted by Crippen LogP contribution is 2.31. The fourth-order valence-electron chi connectivity index (χ4n) is 5.39. The molecule has 8 nitrogen and oxygen atoms in total. The monoisotopic (exact) mass is 564 g/mol. The summed E-state index contributed by atoms with van der Waals surface area (Å²) < 4.78 is 38.4. The maximum Gasteiger partial charge on any atom is 0.416 e. The molecule has 2 aliphatic rings. The van der Waals surface area contributed by atoms with Crippen LogP contribution in [0.5, 0.6) is 0 Å². The van der Waals surface area contributed by atoms with Crippen molar-refractivity contribution in [2.24, 2.45) is 0 Å². The average Bonchev–Trinajstić information content (AvgIpc) is 2.94. The molecule has 0 saturated carbocycles. The molecule has 2 aliphatic heterocycles. The Morgan fingerprint density at radius 2 is 1.74 bits per heavy atom. The second-order valence-corrected chi connectivity index (χ2v) is 10.5. The summed E-state index contributed by atoms with van der Waals surface area (Å²) >= 11 is 5.75. The third-order valence-corrected chi connectivity index (χ3v) is 8.10. The first kappa shape index (κ1) is 29.0. The summed E-state index contributed by atoms with van der Waals surface area (Å²) in [6.07, 6.45) is 0.762. The largest absolute Gasteiger partial charge is 0.416 e. The molecule has 0 bridgehead atoms. The van der Waals surface area contributed by atoms with Crippen molar-refractivity contribution < 1.29 is 18.1 Å². The Hall–Kier alpha value is -2.99. The number of rotatable bonds is 9. The summed E-state index contributed by atoms with van der Waals surface area (Å²) in [5.41, 5.74) is 0.212. The van der Waals surface area contributed by atoms with E-state index in [0.29, 0.717) is 6.04 Å². The quantitative estimate of drug-likeness (QED) is 0.233. The molecular weight excluding hydrogens is 529 g/mol. The number of alkyl halides is 3. The third-order valence-electron chi connectivity index (χ3n) is 7.63. The van der Waals surface area contributed by atoms with Gasteiger partial charge < -0.3 is 14.7 Å². The van der Waals surface area contributed by atoms with E-state index in [1.807, 2.05) is 0 Å². The van der Waals surface area contributed by atoms with E-state index in [9.17, 15) is 23.3 Å². The van der Waals surface area contributed by atoms with Crippen LogP contribution in [0.1, 0.15) is 38.2 Å². The molecule has 0 atom stereocenters. The topological polar surface area (TPSA) is 69.0 Å². The first-order valence-electron chi connectivity index (χ1n) is 13.4. The molecule has 2 saturated heterocycles. The van der Waals surface area contributed by atoms with Gasteiger partial charge in [-0.15, -0.1) is 0 Å². The number of piperidine rings is 1. The minimum atomic E-state index is -4.31. The second kappa shape index (κ2) is 12.9. The van der Waals surface area contributed by atoms with Gasteiger partial charge in [0.25, 0.3) is 5.69 Å². The number of piperazine rings is 1. The van der Waals surface area contributed by atoms with E-state index < -0.39 is 16.7 Å². The lowest BCUT2D eigenvalue weighted by atomic mass is 10.0. The van der Waals surface area contributed by atoms with Crippen molar-refractivity contribution in [1.82, 2.24) is 14.8 Å². The number of thiocarbonyl (C=S) groups is 1. The maximum absolute atomic E-state index is 12.8. The van der Waals surface area contributed by atoms with Gasteiger partial charge in [-0.3, -0.25) is 15.0 Å². The van der Waals surface area contributed by atoms with Crippen molar-refractivity contribution in [1.29, 1.82) is 0 Å². The Bertz CT molecular complexity index is 1100. The zero-order valence-corrected chi connectivity index (χ0v) is 23.0. The van der Waals surface area contributed by atoms with Gasteiger partial charge in [0, 0.05) is 63.6 Å². The van der Waals surface area contributed by atoms with Crippen molar-refractivity contribution >= 4 is 34.4 Å². The first-order valence-corrected chi connectivity index (χ1v) is 13.9. The van der Waals surface area contributed by atoms with Crippen LogP contribution < -0.4 is 9.80 Å². The molecule has 0 radical (unpaired) electrons. The summed E-state index contributed by atoms with van der Waals surface area (Å²) in [5.74, 6) is 0.766. The lowest BCUT2D eigenvalue weighted by Gasteiger charge is -2.40. The number of pyridine rings is 1. The highest BCUT2D eigenvalue weighted by molar-refractivity contribution is 7.80. The number of halogens is 3. The third kappa shape index (κ3) is 7.57. The van der Waals surface area contributed by atoms with Crippen LogP contribution in [0.2, 0.25) is 0 Å². The van der Waals surface area contributed by atoms with Gasteiger partial charge >= 0.3 is 6.18 Å². The van der Waals surface area contributed by atoms with E-state index in [4.69, 9.17) is 12.2 Å². The zero-order chi connectivity index (χ0) is 28.0. The minimum absolute atomic E-state index is 0.00370.